The monoisotopic (exact) mass is 335 g/mol. The number of carbonyl (C=O) groups is 2. The first-order valence-corrected chi connectivity index (χ1v) is 8.60. The summed E-state index contributed by atoms with van der Waals surface area (Å²) in [6.07, 6.45) is 1.05. The van der Waals surface area contributed by atoms with Crippen LogP contribution in [-0.4, -0.2) is 48.6 Å². The summed E-state index contributed by atoms with van der Waals surface area (Å²) in [5.41, 5.74) is -1.09. The number of anilines is 1. The van der Waals surface area contributed by atoms with Crippen LogP contribution in [0.1, 0.15) is 40.9 Å². The van der Waals surface area contributed by atoms with Gasteiger partial charge >= 0.3 is 5.97 Å². The van der Waals surface area contributed by atoms with Gasteiger partial charge in [-0.2, -0.15) is 0 Å². The Bertz CT molecular complexity index is 632. The number of Topliss-reactive ketones (excluding diaryl/α,β-unsaturated/α-hetero) is 1. The minimum Gasteiger partial charge on any atom is -0.476 e. The Morgan fingerprint density at radius 1 is 1.38 bits per heavy atom. The predicted octanol–water partition coefficient (Wildman–Crippen LogP) is 0.784. The molecule has 0 spiro atoms. The first-order chi connectivity index (χ1) is 9.41. The largest absolute Gasteiger partial charge is 0.476 e. The van der Waals surface area contributed by atoms with Gasteiger partial charge in [0.2, 0.25) is 10.0 Å². The molecule has 0 bridgehead atoms. The summed E-state index contributed by atoms with van der Waals surface area (Å²) in [5, 5.41) is 12.1. The zero-order valence-electron chi connectivity index (χ0n) is 12.1. The van der Waals surface area contributed by atoms with E-state index in [0.717, 1.165) is 17.6 Å². The molecule has 0 radical (unpaired) electrons. The molecule has 10 heteroatoms. The summed E-state index contributed by atoms with van der Waals surface area (Å²) < 4.78 is 24.9. The van der Waals surface area contributed by atoms with Crippen molar-refractivity contribution in [1.82, 2.24) is 9.71 Å². The molecule has 0 aliphatic rings. The number of hydrogen-bond donors (Lipinski definition) is 3. The van der Waals surface area contributed by atoms with Gasteiger partial charge in [-0.25, -0.2) is 22.9 Å². The first kappa shape index (κ1) is 17.5. The summed E-state index contributed by atoms with van der Waals surface area (Å²) in [4.78, 5) is 26.3. The molecule has 0 saturated heterocycles. The summed E-state index contributed by atoms with van der Waals surface area (Å²) in [5.74, 6) is -1.66. The second kappa shape index (κ2) is 6.08. The number of carbonyl (C=O) groups excluding carboxylic acids is 1. The van der Waals surface area contributed by atoms with E-state index in [1.165, 1.54) is 6.92 Å². The van der Waals surface area contributed by atoms with Crippen LogP contribution in [0.15, 0.2) is 0 Å². The van der Waals surface area contributed by atoms with E-state index in [0.29, 0.717) is 0 Å². The van der Waals surface area contributed by atoms with Gasteiger partial charge in [0.05, 0.1) is 6.26 Å². The van der Waals surface area contributed by atoms with Gasteiger partial charge in [0.25, 0.3) is 0 Å². The van der Waals surface area contributed by atoms with Crippen LogP contribution >= 0.6 is 11.3 Å². The number of hydrogen-bond acceptors (Lipinski definition) is 7. The summed E-state index contributed by atoms with van der Waals surface area (Å²) in [6.45, 7) is 4.78. The lowest BCUT2D eigenvalue weighted by Crippen LogP contribution is -2.47. The third kappa shape index (κ3) is 5.40. The van der Waals surface area contributed by atoms with E-state index in [9.17, 15) is 18.0 Å². The van der Waals surface area contributed by atoms with Crippen molar-refractivity contribution in [3.05, 3.63) is 10.6 Å². The summed E-state index contributed by atoms with van der Waals surface area (Å²) in [6, 6.07) is 0. The lowest BCUT2D eigenvalue weighted by Gasteiger charge is -2.25. The van der Waals surface area contributed by atoms with Crippen molar-refractivity contribution in [1.29, 1.82) is 0 Å². The zero-order chi connectivity index (χ0) is 16.4. The maximum atomic E-state index is 11.4. The van der Waals surface area contributed by atoms with E-state index in [1.807, 2.05) is 0 Å². The molecule has 0 aliphatic heterocycles. The maximum Gasteiger partial charge on any atom is 0.356 e. The molecule has 0 amide bonds. The Hall–Kier alpha value is -1.52. The number of carboxylic acid groups (broad SMARTS) is 1. The fourth-order valence-corrected chi connectivity index (χ4v) is 3.54. The molecule has 0 fully saturated rings. The van der Waals surface area contributed by atoms with E-state index < -0.39 is 21.5 Å². The number of sulfonamides is 1. The molecule has 1 aromatic heterocycles. The number of nitrogens with one attached hydrogen (secondary N) is 2. The van der Waals surface area contributed by atoms with Crippen LogP contribution in [0.5, 0.6) is 0 Å². The highest BCUT2D eigenvalue weighted by molar-refractivity contribution is 7.88. The summed E-state index contributed by atoms with van der Waals surface area (Å²) >= 11 is 0.925. The standard InChI is InChI=1S/C11H17N3O5S2/c1-6(15)8-7(9(16)17)13-10(20-8)12-5-11(2,3)14-21(4,18)19/h14H,5H2,1-4H3,(H,12,13)(H,16,17). The van der Waals surface area contributed by atoms with Gasteiger partial charge in [0, 0.05) is 19.0 Å². The Labute approximate surface area is 126 Å². The van der Waals surface area contributed by atoms with E-state index in [-0.39, 0.29) is 28.0 Å². The molecular formula is C11H17N3O5S2. The number of ketones is 1. The van der Waals surface area contributed by atoms with Crippen LogP contribution in [0.4, 0.5) is 5.13 Å². The number of thiazole rings is 1. The highest BCUT2D eigenvalue weighted by Crippen LogP contribution is 2.24. The van der Waals surface area contributed by atoms with Crippen molar-refractivity contribution in [2.45, 2.75) is 26.3 Å². The smallest absolute Gasteiger partial charge is 0.356 e. The Morgan fingerprint density at radius 3 is 2.33 bits per heavy atom. The second-order valence-corrected chi connectivity index (χ2v) is 7.92. The Balaban J connectivity index is 2.88. The SMILES string of the molecule is CC(=O)c1sc(NCC(C)(C)NS(C)(=O)=O)nc1C(=O)O. The van der Waals surface area contributed by atoms with Crippen molar-refractivity contribution in [2.24, 2.45) is 0 Å². The van der Waals surface area contributed by atoms with Crippen LogP contribution in [0.2, 0.25) is 0 Å². The van der Waals surface area contributed by atoms with Crippen molar-refractivity contribution in [2.75, 3.05) is 18.1 Å². The molecule has 0 aromatic carbocycles. The van der Waals surface area contributed by atoms with Gasteiger partial charge in [-0.1, -0.05) is 11.3 Å². The van der Waals surface area contributed by atoms with E-state index in [1.54, 1.807) is 13.8 Å². The first-order valence-electron chi connectivity index (χ1n) is 5.89. The molecular weight excluding hydrogens is 318 g/mol. The molecule has 118 valence electrons. The predicted molar refractivity (Wildman–Crippen MR) is 79.6 cm³/mol. The highest BCUT2D eigenvalue weighted by Gasteiger charge is 2.24. The van der Waals surface area contributed by atoms with E-state index in [2.05, 4.69) is 15.0 Å². The van der Waals surface area contributed by atoms with Crippen LogP contribution < -0.4 is 10.0 Å². The van der Waals surface area contributed by atoms with Gasteiger partial charge in [-0.05, 0) is 13.8 Å². The van der Waals surface area contributed by atoms with Crippen molar-refractivity contribution in [3.8, 4) is 0 Å². The number of aromatic nitrogens is 1. The van der Waals surface area contributed by atoms with E-state index >= 15 is 0 Å². The number of rotatable bonds is 7. The van der Waals surface area contributed by atoms with E-state index in [4.69, 9.17) is 5.11 Å². The minimum absolute atomic E-state index is 0.0545. The molecule has 8 nitrogen and oxygen atoms in total. The molecule has 1 rings (SSSR count). The molecule has 21 heavy (non-hydrogen) atoms. The average Bonchev–Trinajstić information content (AvgIpc) is 2.67. The topological polar surface area (TPSA) is 125 Å². The fourth-order valence-electron chi connectivity index (χ4n) is 1.61. The fraction of sp³-hybridized carbons (Fsp3) is 0.545. The van der Waals surface area contributed by atoms with Gasteiger partial charge in [0.15, 0.2) is 16.6 Å². The van der Waals surface area contributed by atoms with Crippen molar-refractivity contribution in [3.63, 3.8) is 0 Å². The molecule has 0 saturated carbocycles. The van der Waals surface area contributed by atoms with Crippen molar-refractivity contribution < 1.29 is 23.1 Å². The molecule has 1 heterocycles. The highest BCUT2D eigenvalue weighted by atomic mass is 32.2. The minimum atomic E-state index is -3.37. The third-order valence-corrected chi connectivity index (χ3v) is 4.33. The molecule has 0 aliphatic carbocycles. The summed E-state index contributed by atoms with van der Waals surface area (Å²) in [7, 11) is -3.37. The van der Waals surface area contributed by atoms with Gasteiger partial charge < -0.3 is 10.4 Å². The van der Waals surface area contributed by atoms with Gasteiger partial charge in [-0.3, -0.25) is 4.79 Å². The van der Waals surface area contributed by atoms with Gasteiger partial charge in [0.1, 0.15) is 4.88 Å². The molecule has 3 N–H and O–H groups in total. The van der Waals surface area contributed by atoms with Crippen LogP contribution in [0.25, 0.3) is 0 Å². The number of carboxylic acids is 1. The normalized spacial score (nSPS) is 12.2. The molecule has 0 atom stereocenters. The Kier molecular flexibility index (Phi) is 5.07. The number of nitrogens with zero attached hydrogens (tertiary/aromatic N) is 1. The van der Waals surface area contributed by atoms with Crippen LogP contribution in [-0.2, 0) is 10.0 Å². The molecule has 0 unspecified atom stereocenters. The Morgan fingerprint density at radius 2 is 1.95 bits per heavy atom. The zero-order valence-corrected chi connectivity index (χ0v) is 13.7. The van der Waals surface area contributed by atoms with Crippen LogP contribution in [0, 0.1) is 0 Å². The van der Waals surface area contributed by atoms with Gasteiger partial charge in [-0.15, -0.1) is 0 Å². The quantitative estimate of drug-likeness (QED) is 0.629. The molecule has 1 aromatic rings. The average molecular weight is 335 g/mol. The lowest BCUT2D eigenvalue weighted by molar-refractivity contribution is 0.0687. The third-order valence-electron chi connectivity index (χ3n) is 2.29. The maximum absolute atomic E-state index is 11.4. The number of aromatic carboxylic acids is 1. The van der Waals surface area contributed by atoms with Crippen LogP contribution in [0.3, 0.4) is 0 Å². The van der Waals surface area contributed by atoms with Crippen molar-refractivity contribution >= 4 is 38.2 Å². The lowest BCUT2D eigenvalue weighted by atomic mass is 10.1. The second-order valence-electron chi connectivity index (χ2n) is 5.17.